The van der Waals surface area contributed by atoms with Crippen molar-refractivity contribution in [1.29, 1.82) is 0 Å². The summed E-state index contributed by atoms with van der Waals surface area (Å²) < 4.78 is 0. The molecular weight excluding hydrogens is 382 g/mol. The first kappa shape index (κ1) is 19.5. The molecule has 1 fully saturated rings. The summed E-state index contributed by atoms with van der Waals surface area (Å²) in [7, 11) is 0. The van der Waals surface area contributed by atoms with Crippen LogP contribution in [0, 0.1) is 0 Å². The Morgan fingerprint density at radius 3 is 2.03 bits per heavy atom. The number of benzene rings is 3. The van der Waals surface area contributed by atoms with E-state index in [0.717, 1.165) is 42.6 Å². The molecule has 0 saturated carbocycles. The Labute approximate surface area is 182 Å². The zero-order valence-electron chi connectivity index (χ0n) is 17.4. The van der Waals surface area contributed by atoms with Crippen molar-refractivity contribution in [3.63, 3.8) is 0 Å². The number of hydrogen-bond donors (Lipinski definition) is 0. The van der Waals surface area contributed by atoms with Gasteiger partial charge in [-0.2, -0.15) is 0 Å². The zero-order chi connectivity index (χ0) is 21.0. The molecule has 5 rings (SSSR count). The number of carbonyl (C=O) groups excluding carboxylic acids is 1. The van der Waals surface area contributed by atoms with Crippen LogP contribution in [0.2, 0.25) is 0 Å². The van der Waals surface area contributed by atoms with Gasteiger partial charge in [0.25, 0.3) is 5.91 Å². The number of hydrogen-bond acceptors (Lipinski definition) is 3. The predicted molar refractivity (Wildman–Crippen MR) is 124 cm³/mol. The molecule has 1 aromatic heterocycles. The van der Waals surface area contributed by atoms with Crippen molar-refractivity contribution in [2.24, 2.45) is 0 Å². The number of aromatic nitrogens is 1. The van der Waals surface area contributed by atoms with E-state index in [1.165, 1.54) is 11.1 Å². The molecule has 1 aliphatic rings. The summed E-state index contributed by atoms with van der Waals surface area (Å²) in [6, 6.07) is 31.2. The van der Waals surface area contributed by atoms with Crippen molar-refractivity contribution < 1.29 is 4.79 Å². The molecule has 3 aromatic carbocycles. The molecule has 0 unspecified atom stereocenters. The van der Waals surface area contributed by atoms with Crippen LogP contribution < -0.4 is 0 Å². The van der Waals surface area contributed by atoms with Gasteiger partial charge in [0, 0.05) is 43.3 Å². The fourth-order valence-electron chi connectivity index (χ4n) is 4.46. The average molecular weight is 408 g/mol. The topological polar surface area (TPSA) is 36.4 Å². The lowest BCUT2D eigenvalue weighted by Crippen LogP contribution is -2.49. The largest absolute Gasteiger partial charge is 0.336 e. The fraction of sp³-hybridized carbons (Fsp3) is 0.185. The average Bonchev–Trinajstić information content (AvgIpc) is 2.85. The second-order valence-electron chi connectivity index (χ2n) is 7.96. The van der Waals surface area contributed by atoms with E-state index < -0.39 is 0 Å². The van der Waals surface area contributed by atoms with Gasteiger partial charge in [-0.1, -0.05) is 66.7 Å². The minimum absolute atomic E-state index is 0.0985. The van der Waals surface area contributed by atoms with Crippen LogP contribution in [0.4, 0.5) is 0 Å². The van der Waals surface area contributed by atoms with Gasteiger partial charge in [-0.3, -0.25) is 14.7 Å². The van der Waals surface area contributed by atoms with Crippen molar-refractivity contribution in [3.8, 4) is 0 Å². The zero-order valence-corrected chi connectivity index (χ0v) is 17.4. The van der Waals surface area contributed by atoms with Gasteiger partial charge in [-0.15, -0.1) is 0 Å². The highest BCUT2D eigenvalue weighted by Crippen LogP contribution is 2.29. The van der Waals surface area contributed by atoms with Gasteiger partial charge in [-0.05, 0) is 35.4 Å². The van der Waals surface area contributed by atoms with Crippen LogP contribution in [0.15, 0.2) is 97.2 Å². The Morgan fingerprint density at radius 2 is 1.39 bits per heavy atom. The maximum atomic E-state index is 13.1. The molecule has 4 aromatic rings. The monoisotopic (exact) mass is 407 g/mol. The second-order valence-corrected chi connectivity index (χ2v) is 7.96. The van der Waals surface area contributed by atoms with Gasteiger partial charge in [0.15, 0.2) is 0 Å². The van der Waals surface area contributed by atoms with Crippen molar-refractivity contribution in [2.45, 2.75) is 6.04 Å². The quantitative estimate of drug-likeness (QED) is 0.488. The maximum absolute atomic E-state index is 13.1. The SMILES string of the molecule is O=C(c1ccc2ncccc2c1)N1CCN(C(c2ccccc2)c2ccccc2)CC1. The Balaban J connectivity index is 1.34. The molecule has 1 aliphatic heterocycles. The fourth-order valence-corrected chi connectivity index (χ4v) is 4.46. The van der Waals surface area contributed by atoms with Crippen LogP contribution in [-0.4, -0.2) is 46.9 Å². The van der Waals surface area contributed by atoms with Gasteiger partial charge in [0.1, 0.15) is 0 Å². The highest BCUT2D eigenvalue weighted by atomic mass is 16.2. The lowest BCUT2D eigenvalue weighted by Gasteiger charge is -2.39. The lowest BCUT2D eigenvalue weighted by molar-refractivity contribution is 0.0597. The third-order valence-corrected chi connectivity index (χ3v) is 6.05. The number of rotatable bonds is 4. The number of amides is 1. The third-order valence-electron chi connectivity index (χ3n) is 6.05. The van der Waals surface area contributed by atoms with Crippen LogP contribution >= 0.6 is 0 Å². The number of piperazine rings is 1. The third kappa shape index (κ3) is 4.07. The summed E-state index contributed by atoms with van der Waals surface area (Å²) in [6.45, 7) is 3.13. The molecule has 31 heavy (non-hydrogen) atoms. The molecule has 0 radical (unpaired) electrons. The molecule has 154 valence electrons. The van der Waals surface area contributed by atoms with Crippen LogP contribution in [0.3, 0.4) is 0 Å². The summed E-state index contributed by atoms with van der Waals surface area (Å²) >= 11 is 0. The standard InChI is InChI=1S/C27H25N3O/c31-27(24-13-14-25-23(20-24)12-7-15-28-25)30-18-16-29(17-19-30)26(21-8-3-1-4-9-21)22-10-5-2-6-11-22/h1-15,20,26H,16-19H2. The van der Waals surface area contributed by atoms with E-state index in [2.05, 4.69) is 70.5 Å². The molecule has 4 nitrogen and oxygen atoms in total. The van der Waals surface area contributed by atoms with E-state index in [0.29, 0.717) is 0 Å². The van der Waals surface area contributed by atoms with Gasteiger partial charge in [-0.25, -0.2) is 0 Å². The Hall–Kier alpha value is -3.50. The summed E-state index contributed by atoms with van der Waals surface area (Å²) in [4.78, 5) is 22.0. The highest BCUT2D eigenvalue weighted by molar-refractivity contribution is 5.98. The summed E-state index contributed by atoms with van der Waals surface area (Å²) in [6.07, 6.45) is 1.78. The minimum atomic E-state index is 0.0985. The normalized spacial score (nSPS) is 14.8. The van der Waals surface area contributed by atoms with Crippen molar-refractivity contribution in [1.82, 2.24) is 14.8 Å². The smallest absolute Gasteiger partial charge is 0.253 e. The highest BCUT2D eigenvalue weighted by Gasteiger charge is 2.28. The van der Waals surface area contributed by atoms with Crippen molar-refractivity contribution >= 4 is 16.8 Å². The minimum Gasteiger partial charge on any atom is -0.336 e. The maximum Gasteiger partial charge on any atom is 0.253 e. The van der Waals surface area contributed by atoms with Crippen LogP contribution in [0.5, 0.6) is 0 Å². The van der Waals surface area contributed by atoms with Crippen LogP contribution in [-0.2, 0) is 0 Å². The number of nitrogens with zero attached hydrogens (tertiary/aromatic N) is 3. The summed E-state index contributed by atoms with van der Waals surface area (Å²) in [5, 5.41) is 1.00. The molecule has 0 N–H and O–H groups in total. The number of fused-ring (bicyclic) bond motifs is 1. The first-order valence-electron chi connectivity index (χ1n) is 10.8. The molecule has 0 aliphatic carbocycles. The van der Waals surface area contributed by atoms with Crippen molar-refractivity contribution in [3.05, 3.63) is 114 Å². The molecule has 0 atom stereocenters. The molecule has 0 bridgehead atoms. The van der Waals surface area contributed by atoms with Gasteiger partial charge in [0.05, 0.1) is 11.6 Å². The van der Waals surface area contributed by atoms with E-state index in [1.54, 1.807) is 6.20 Å². The van der Waals surface area contributed by atoms with E-state index >= 15 is 0 Å². The summed E-state index contributed by atoms with van der Waals surface area (Å²) in [5.41, 5.74) is 4.22. The first-order valence-corrected chi connectivity index (χ1v) is 10.8. The lowest BCUT2D eigenvalue weighted by atomic mass is 9.96. The number of carbonyl (C=O) groups is 1. The van der Waals surface area contributed by atoms with E-state index in [4.69, 9.17) is 0 Å². The van der Waals surface area contributed by atoms with E-state index in [-0.39, 0.29) is 11.9 Å². The molecule has 2 heterocycles. The van der Waals surface area contributed by atoms with Crippen LogP contribution in [0.25, 0.3) is 10.9 Å². The molecule has 1 amide bonds. The van der Waals surface area contributed by atoms with Gasteiger partial charge in [0.2, 0.25) is 0 Å². The summed E-state index contributed by atoms with van der Waals surface area (Å²) in [5.74, 6) is 0.0985. The van der Waals surface area contributed by atoms with Gasteiger partial charge < -0.3 is 4.90 Å². The molecular formula is C27H25N3O. The molecule has 4 heteroatoms. The second kappa shape index (κ2) is 8.70. The van der Waals surface area contributed by atoms with Gasteiger partial charge >= 0.3 is 0 Å². The Bertz CT molecular complexity index is 1130. The van der Waals surface area contributed by atoms with Crippen molar-refractivity contribution in [2.75, 3.05) is 26.2 Å². The Kier molecular flexibility index (Phi) is 5.46. The van der Waals surface area contributed by atoms with E-state index in [1.807, 2.05) is 35.2 Å². The molecule has 1 saturated heterocycles. The van der Waals surface area contributed by atoms with Crippen LogP contribution in [0.1, 0.15) is 27.5 Å². The first-order chi connectivity index (χ1) is 15.3. The Morgan fingerprint density at radius 1 is 0.742 bits per heavy atom. The van der Waals surface area contributed by atoms with E-state index in [9.17, 15) is 4.79 Å². The molecule has 0 spiro atoms. The number of pyridine rings is 1. The predicted octanol–water partition coefficient (Wildman–Crippen LogP) is 4.78.